The van der Waals surface area contributed by atoms with E-state index in [4.69, 9.17) is 4.74 Å². The first-order chi connectivity index (χ1) is 15.3. The van der Waals surface area contributed by atoms with Gasteiger partial charge in [0.25, 0.3) is 0 Å². The second kappa shape index (κ2) is 8.57. The molecule has 3 aromatic carbocycles. The second-order valence-corrected chi connectivity index (χ2v) is 9.41. The fraction of sp³-hybridized carbons (Fsp3) is 0.167. The molecular weight excluding hydrogens is 426 g/mol. The number of rotatable bonds is 6. The van der Waals surface area contributed by atoms with Crippen molar-refractivity contribution in [1.29, 1.82) is 0 Å². The number of carbonyl (C=O) groups is 1. The molecule has 0 spiro atoms. The lowest BCUT2D eigenvalue weighted by Gasteiger charge is -2.25. The van der Waals surface area contributed by atoms with Gasteiger partial charge in [0.2, 0.25) is 10.0 Å². The maximum absolute atomic E-state index is 13.2. The fourth-order valence-corrected chi connectivity index (χ4v) is 4.96. The number of carbonyl (C=O) groups excluding carboxylic acids is 1. The SMILES string of the molecule is COC(=O)c1cccc(S(=O)(=O)N(C)[C@@H](C)c2ccc(-n3cnc4ccccc43)cc2)c1. The molecule has 1 atom stereocenters. The van der Waals surface area contributed by atoms with E-state index in [1.807, 2.05) is 60.0 Å². The summed E-state index contributed by atoms with van der Waals surface area (Å²) in [7, 11) is -1.03. The Morgan fingerprint density at radius 1 is 1.03 bits per heavy atom. The van der Waals surface area contributed by atoms with Gasteiger partial charge in [0.1, 0.15) is 6.33 Å². The van der Waals surface area contributed by atoms with Crippen molar-refractivity contribution < 1.29 is 17.9 Å². The molecule has 0 aliphatic rings. The van der Waals surface area contributed by atoms with E-state index in [0.717, 1.165) is 22.3 Å². The Kier molecular flexibility index (Phi) is 5.82. The highest BCUT2D eigenvalue weighted by atomic mass is 32.2. The number of ether oxygens (including phenoxy) is 1. The summed E-state index contributed by atoms with van der Waals surface area (Å²) in [6.07, 6.45) is 1.77. The molecule has 0 bridgehead atoms. The van der Waals surface area contributed by atoms with Gasteiger partial charge in [0, 0.05) is 18.8 Å². The molecule has 0 amide bonds. The summed E-state index contributed by atoms with van der Waals surface area (Å²) >= 11 is 0. The topological polar surface area (TPSA) is 81.5 Å². The molecule has 1 aromatic heterocycles. The zero-order valence-corrected chi connectivity index (χ0v) is 18.8. The molecule has 0 saturated heterocycles. The van der Waals surface area contributed by atoms with Crippen molar-refractivity contribution in [1.82, 2.24) is 13.9 Å². The van der Waals surface area contributed by atoms with Gasteiger partial charge in [-0.2, -0.15) is 4.31 Å². The van der Waals surface area contributed by atoms with Crippen molar-refractivity contribution in [2.45, 2.75) is 17.9 Å². The molecule has 0 radical (unpaired) electrons. The molecule has 0 aliphatic heterocycles. The molecule has 1 heterocycles. The average Bonchev–Trinajstić information content (AvgIpc) is 3.27. The Balaban J connectivity index is 1.60. The molecule has 0 aliphatic carbocycles. The predicted octanol–water partition coefficient (Wildman–Crippen LogP) is 4.19. The maximum atomic E-state index is 13.2. The molecule has 32 heavy (non-hydrogen) atoms. The summed E-state index contributed by atoms with van der Waals surface area (Å²) in [5.74, 6) is -0.583. The van der Waals surface area contributed by atoms with E-state index >= 15 is 0 Å². The highest BCUT2D eigenvalue weighted by Gasteiger charge is 2.27. The van der Waals surface area contributed by atoms with Crippen molar-refractivity contribution in [3.63, 3.8) is 0 Å². The van der Waals surface area contributed by atoms with Crippen molar-refractivity contribution in [3.8, 4) is 5.69 Å². The molecule has 4 aromatic rings. The van der Waals surface area contributed by atoms with Crippen molar-refractivity contribution in [2.24, 2.45) is 0 Å². The first-order valence-corrected chi connectivity index (χ1v) is 11.5. The van der Waals surface area contributed by atoms with E-state index in [1.54, 1.807) is 6.33 Å². The Hall–Kier alpha value is -3.49. The van der Waals surface area contributed by atoms with Crippen LogP contribution >= 0.6 is 0 Å². The van der Waals surface area contributed by atoms with Crippen LogP contribution in [0.2, 0.25) is 0 Å². The monoisotopic (exact) mass is 449 g/mol. The maximum Gasteiger partial charge on any atom is 0.337 e. The van der Waals surface area contributed by atoms with Crippen molar-refractivity contribution in [3.05, 3.63) is 90.3 Å². The van der Waals surface area contributed by atoms with Gasteiger partial charge >= 0.3 is 5.97 Å². The lowest BCUT2D eigenvalue weighted by molar-refractivity contribution is 0.0600. The Labute approximate surface area is 186 Å². The normalized spacial score (nSPS) is 12.8. The molecule has 0 N–H and O–H groups in total. The number of aromatic nitrogens is 2. The number of nitrogens with zero attached hydrogens (tertiary/aromatic N) is 3. The number of hydrogen-bond acceptors (Lipinski definition) is 5. The number of sulfonamides is 1. The molecule has 0 fully saturated rings. The number of para-hydroxylation sites is 2. The predicted molar refractivity (Wildman–Crippen MR) is 122 cm³/mol. The van der Waals surface area contributed by atoms with Crippen LogP contribution in [0.25, 0.3) is 16.7 Å². The molecule has 4 rings (SSSR count). The average molecular weight is 450 g/mol. The zero-order chi connectivity index (χ0) is 22.9. The Morgan fingerprint density at radius 2 is 1.75 bits per heavy atom. The van der Waals surface area contributed by atoms with Crippen molar-refractivity contribution in [2.75, 3.05) is 14.2 Å². The smallest absolute Gasteiger partial charge is 0.337 e. The standard InChI is InChI=1S/C24H23N3O4S/c1-17(26(2)32(29,30)21-8-6-7-19(15-21)24(28)31-3)18-11-13-20(14-12-18)27-16-25-22-9-4-5-10-23(22)27/h4-17H,1-3H3/t17-/m0/s1. The Bertz CT molecular complexity index is 1380. The van der Waals surface area contributed by atoms with Crippen LogP contribution in [0.1, 0.15) is 28.9 Å². The second-order valence-electron chi connectivity index (χ2n) is 7.41. The van der Waals surface area contributed by atoms with E-state index < -0.39 is 22.0 Å². The summed E-state index contributed by atoms with van der Waals surface area (Å²) < 4.78 is 34.3. The van der Waals surface area contributed by atoms with Crippen molar-refractivity contribution >= 4 is 27.0 Å². The van der Waals surface area contributed by atoms with E-state index in [0.29, 0.717) is 0 Å². The van der Waals surface area contributed by atoms with Gasteiger partial charge in [0.15, 0.2) is 0 Å². The van der Waals surface area contributed by atoms with Gasteiger partial charge in [-0.05, 0) is 55.0 Å². The summed E-state index contributed by atoms with van der Waals surface area (Å²) in [4.78, 5) is 16.2. The molecule has 8 heteroatoms. The highest BCUT2D eigenvalue weighted by molar-refractivity contribution is 7.89. The molecular formula is C24H23N3O4S. The van der Waals surface area contributed by atoms with Crippen LogP contribution in [0.3, 0.4) is 0 Å². The van der Waals surface area contributed by atoms with Gasteiger partial charge in [-0.15, -0.1) is 0 Å². The van der Waals surface area contributed by atoms with E-state index in [9.17, 15) is 13.2 Å². The van der Waals surface area contributed by atoms with Crippen LogP contribution in [-0.4, -0.2) is 42.4 Å². The summed E-state index contributed by atoms with van der Waals surface area (Å²) in [5.41, 5.74) is 3.87. The molecule has 0 unspecified atom stereocenters. The van der Waals surface area contributed by atoms with Crippen LogP contribution in [0.5, 0.6) is 0 Å². The number of benzene rings is 3. The van der Waals surface area contributed by atoms with Gasteiger partial charge in [-0.1, -0.05) is 30.3 Å². The third kappa shape index (κ3) is 3.90. The minimum absolute atomic E-state index is 0.0382. The van der Waals surface area contributed by atoms with Crippen LogP contribution in [0.15, 0.2) is 84.0 Å². The lowest BCUT2D eigenvalue weighted by Crippen LogP contribution is -2.30. The molecule has 7 nitrogen and oxygen atoms in total. The first kappa shape index (κ1) is 21.7. The van der Waals surface area contributed by atoms with Crippen LogP contribution in [0.4, 0.5) is 0 Å². The zero-order valence-electron chi connectivity index (χ0n) is 18.0. The van der Waals surface area contributed by atoms with Gasteiger partial charge < -0.3 is 4.74 Å². The first-order valence-electron chi connectivity index (χ1n) is 10.0. The van der Waals surface area contributed by atoms with E-state index in [-0.39, 0.29) is 10.5 Å². The summed E-state index contributed by atoms with van der Waals surface area (Å²) in [6, 6.07) is 21.0. The van der Waals surface area contributed by atoms with Crippen LogP contribution < -0.4 is 0 Å². The minimum atomic E-state index is -3.82. The number of hydrogen-bond donors (Lipinski definition) is 0. The largest absolute Gasteiger partial charge is 0.465 e. The number of methoxy groups -OCH3 is 1. The number of imidazole rings is 1. The molecule has 0 saturated carbocycles. The summed E-state index contributed by atoms with van der Waals surface area (Å²) in [5, 5.41) is 0. The van der Waals surface area contributed by atoms with Crippen LogP contribution in [-0.2, 0) is 14.8 Å². The highest BCUT2D eigenvalue weighted by Crippen LogP contribution is 2.27. The Morgan fingerprint density at radius 3 is 2.47 bits per heavy atom. The quantitative estimate of drug-likeness (QED) is 0.412. The number of esters is 1. The third-order valence-electron chi connectivity index (χ3n) is 5.58. The van der Waals surface area contributed by atoms with Gasteiger partial charge in [0.05, 0.1) is 28.6 Å². The van der Waals surface area contributed by atoms with E-state index in [2.05, 4.69) is 4.98 Å². The van der Waals surface area contributed by atoms with Crippen LogP contribution in [0, 0.1) is 0 Å². The van der Waals surface area contributed by atoms with Gasteiger partial charge in [-0.25, -0.2) is 18.2 Å². The number of fused-ring (bicyclic) bond motifs is 1. The summed E-state index contributed by atoms with van der Waals surface area (Å²) in [6.45, 7) is 1.82. The van der Waals surface area contributed by atoms with E-state index in [1.165, 1.54) is 42.7 Å². The van der Waals surface area contributed by atoms with Gasteiger partial charge in [-0.3, -0.25) is 4.57 Å². The minimum Gasteiger partial charge on any atom is -0.465 e. The molecule has 164 valence electrons. The fourth-order valence-electron chi connectivity index (χ4n) is 3.56. The third-order valence-corrected chi connectivity index (χ3v) is 7.51. The lowest BCUT2D eigenvalue weighted by atomic mass is 10.1.